The lowest BCUT2D eigenvalue weighted by Crippen LogP contribution is -2.37. The van der Waals surface area contributed by atoms with Crippen LogP contribution in [0.25, 0.3) is 6.08 Å². The van der Waals surface area contributed by atoms with Gasteiger partial charge in [0, 0.05) is 32.2 Å². The zero-order chi connectivity index (χ0) is 21.7. The van der Waals surface area contributed by atoms with E-state index in [4.69, 9.17) is 16.3 Å². The minimum atomic E-state index is -0.618. The Morgan fingerprint density at radius 3 is 2.93 bits per heavy atom. The van der Waals surface area contributed by atoms with E-state index in [1.54, 1.807) is 0 Å². The van der Waals surface area contributed by atoms with Crippen LogP contribution in [-0.4, -0.2) is 52.7 Å². The van der Waals surface area contributed by atoms with Crippen molar-refractivity contribution in [3.05, 3.63) is 43.8 Å². The normalized spacial score (nSPS) is 20.2. The molecular formula is C19H20ClN3O6S. The summed E-state index contributed by atoms with van der Waals surface area (Å²) in [5.41, 5.74) is 0.106. The van der Waals surface area contributed by atoms with E-state index in [2.05, 4.69) is 5.32 Å². The first-order valence-corrected chi connectivity index (χ1v) is 10.6. The molecule has 3 rings (SSSR count). The Kier molecular flexibility index (Phi) is 7.46. The van der Waals surface area contributed by atoms with Crippen LogP contribution in [0.3, 0.4) is 0 Å². The molecule has 3 amide bonds. The summed E-state index contributed by atoms with van der Waals surface area (Å²) in [7, 11) is 0. The Hall–Kier alpha value is -2.43. The first-order valence-electron chi connectivity index (χ1n) is 9.43. The van der Waals surface area contributed by atoms with Gasteiger partial charge in [-0.1, -0.05) is 17.7 Å². The molecule has 160 valence electrons. The molecule has 0 bridgehead atoms. The highest BCUT2D eigenvalue weighted by Gasteiger charge is 2.34. The summed E-state index contributed by atoms with van der Waals surface area (Å²) in [6.07, 6.45) is 4.51. The Morgan fingerprint density at radius 1 is 1.43 bits per heavy atom. The monoisotopic (exact) mass is 453 g/mol. The summed E-state index contributed by atoms with van der Waals surface area (Å²) >= 11 is 6.53. The van der Waals surface area contributed by atoms with Gasteiger partial charge >= 0.3 is 0 Å². The highest BCUT2D eigenvalue weighted by atomic mass is 35.5. The lowest BCUT2D eigenvalue weighted by Gasteiger charge is -2.13. The van der Waals surface area contributed by atoms with Gasteiger partial charge in [0.15, 0.2) is 0 Å². The summed E-state index contributed by atoms with van der Waals surface area (Å²) in [5.74, 6) is -0.655. The van der Waals surface area contributed by atoms with Gasteiger partial charge in [-0.05, 0) is 48.7 Å². The molecule has 1 N–H and O–H groups in total. The van der Waals surface area contributed by atoms with Gasteiger partial charge in [0.2, 0.25) is 5.91 Å². The number of hydrogen-bond donors (Lipinski definition) is 1. The number of halogens is 1. The van der Waals surface area contributed by atoms with Gasteiger partial charge in [0.05, 0.1) is 15.9 Å². The van der Waals surface area contributed by atoms with Gasteiger partial charge in [-0.3, -0.25) is 29.4 Å². The van der Waals surface area contributed by atoms with E-state index >= 15 is 0 Å². The maximum absolute atomic E-state index is 12.5. The van der Waals surface area contributed by atoms with E-state index in [9.17, 15) is 24.5 Å². The van der Waals surface area contributed by atoms with Crippen molar-refractivity contribution >= 4 is 52.2 Å². The zero-order valence-electron chi connectivity index (χ0n) is 16.0. The molecule has 2 aliphatic heterocycles. The SMILES string of the molecule is O=C(CCC1CCCO1)NCCN1C(=O)S/C(=C\c2ccc(Cl)c([N+](=O)[O-])c2)C1=O. The number of benzene rings is 1. The largest absolute Gasteiger partial charge is 0.378 e. The lowest BCUT2D eigenvalue weighted by atomic mass is 10.1. The Bertz CT molecular complexity index is 900. The van der Waals surface area contributed by atoms with Crippen LogP contribution in [-0.2, 0) is 14.3 Å². The second kappa shape index (κ2) is 10.1. The summed E-state index contributed by atoms with van der Waals surface area (Å²) in [4.78, 5) is 48.2. The number of amides is 3. The third kappa shape index (κ3) is 5.59. The first-order chi connectivity index (χ1) is 14.3. The minimum absolute atomic E-state index is 0.0134. The second-order valence-corrected chi connectivity index (χ2v) is 8.23. The van der Waals surface area contributed by atoms with Crippen LogP contribution in [0.2, 0.25) is 5.02 Å². The average molecular weight is 454 g/mol. The van der Waals surface area contributed by atoms with Crippen molar-refractivity contribution in [1.29, 1.82) is 0 Å². The van der Waals surface area contributed by atoms with Crippen LogP contribution >= 0.6 is 23.4 Å². The molecule has 1 aromatic rings. The predicted octanol–water partition coefficient (Wildman–Crippen LogP) is 3.36. The molecule has 2 saturated heterocycles. The Labute approximate surface area is 181 Å². The molecular weight excluding hydrogens is 434 g/mol. The molecule has 2 aliphatic rings. The van der Waals surface area contributed by atoms with E-state index < -0.39 is 16.1 Å². The fraction of sp³-hybridized carbons (Fsp3) is 0.421. The molecule has 0 radical (unpaired) electrons. The number of rotatable bonds is 8. The summed E-state index contributed by atoms with van der Waals surface area (Å²) in [6, 6.07) is 4.13. The number of ether oxygens (including phenoxy) is 1. The van der Waals surface area contributed by atoms with Gasteiger partial charge in [-0.25, -0.2) is 0 Å². The molecule has 2 heterocycles. The number of nitrogens with one attached hydrogen (secondary N) is 1. The van der Waals surface area contributed by atoms with Gasteiger partial charge in [-0.15, -0.1) is 0 Å². The molecule has 1 unspecified atom stereocenters. The van der Waals surface area contributed by atoms with Crippen molar-refractivity contribution in [2.45, 2.75) is 31.8 Å². The van der Waals surface area contributed by atoms with E-state index in [0.717, 1.165) is 36.1 Å². The maximum atomic E-state index is 12.5. The first kappa shape index (κ1) is 22.3. The van der Waals surface area contributed by atoms with Gasteiger partial charge < -0.3 is 10.1 Å². The van der Waals surface area contributed by atoms with Crippen LogP contribution in [0, 0.1) is 10.1 Å². The summed E-state index contributed by atoms with van der Waals surface area (Å²) < 4.78 is 5.47. The molecule has 0 spiro atoms. The number of nitrogens with zero attached hydrogens (tertiary/aromatic N) is 2. The van der Waals surface area contributed by atoms with Gasteiger partial charge in [-0.2, -0.15) is 0 Å². The number of imide groups is 1. The van der Waals surface area contributed by atoms with Crippen molar-refractivity contribution < 1.29 is 24.0 Å². The topological polar surface area (TPSA) is 119 Å². The van der Waals surface area contributed by atoms with Crippen molar-refractivity contribution in [2.75, 3.05) is 19.7 Å². The van der Waals surface area contributed by atoms with Crippen LogP contribution in [0.1, 0.15) is 31.2 Å². The number of carbonyl (C=O) groups is 3. The van der Waals surface area contributed by atoms with E-state index in [-0.39, 0.29) is 40.7 Å². The smallest absolute Gasteiger partial charge is 0.293 e. The number of hydrogen-bond acceptors (Lipinski definition) is 7. The van der Waals surface area contributed by atoms with Crippen LogP contribution in [0.15, 0.2) is 23.1 Å². The third-order valence-electron chi connectivity index (χ3n) is 4.71. The Morgan fingerprint density at radius 2 is 2.23 bits per heavy atom. The third-order valence-corrected chi connectivity index (χ3v) is 5.94. The average Bonchev–Trinajstić information content (AvgIpc) is 3.31. The van der Waals surface area contributed by atoms with Crippen molar-refractivity contribution in [3.8, 4) is 0 Å². The van der Waals surface area contributed by atoms with Crippen LogP contribution < -0.4 is 5.32 Å². The van der Waals surface area contributed by atoms with E-state index in [1.165, 1.54) is 24.3 Å². The van der Waals surface area contributed by atoms with Gasteiger partial charge in [0.1, 0.15) is 5.02 Å². The molecule has 0 aromatic heterocycles. The number of carbonyl (C=O) groups excluding carboxylic acids is 3. The number of thioether (sulfide) groups is 1. The fourth-order valence-corrected chi connectivity index (χ4v) is 4.21. The quantitative estimate of drug-likeness (QED) is 0.364. The molecule has 9 nitrogen and oxygen atoms in total. The fourth-order valence-electron chi connectivity index (χ4n) is 3.16. The summed E-state index contributed by atoms with van der Waals surface area (Å²) in [5, 5.41) is 13.2. The lowest BCUT2D eigenvalue weighted by molar-refractivity contribution is -0.384. The van der Waals surface area contributed by atoms with Crippen molar-refractivity contribution in [3.63, 3.8) is 0 Å². The highest BCUT2D eigenvalue weighted by molar-refractivity contribution is 8.18. The van der Waals surface area contributed by atoms with E-state index in [0.29, 0.717) is 18.4 Å². The molecule has 0 aliphatic carbocycles. The highest BCUT2D eigenvalue weighted by Crippen LogP contribution is 2.33. The molecule has 30 heavy (non-hydrogen) atoms. The van der Waals surface area contributed by atoms with Crippen LogP contribution in [0.4, 0.5) is 10.5 Å². The van der Waals surface area contributed by atoms with Crippen LogP contribution in [0.5, 0.6) is 0 Å². The summed E-state index contributed by atoms with van der Waals surface area (Å²) in [6.45, 7) is 0.943. The molecule has 0 saturated carbocycles. The Balaban J connectivity index is 1.53. The second-order valence-electron chi connectivity index (χ2n) is 6.82. The predicted molar refractivity (Wildman–Crippen MR) is 112 cm³/mol. The van der Waals surface area contributed by atoms with Gasteiger partial charge in [0.25, 0.3) is 16.8 Å². The standard InChI is InChI=1S/C19H20ClN3O6S/c20-14-5-3-12(10-15(14)23(27)28)11-16-18(25)22(19(26)30-16)8-7-21-17(24)6-4-13-2-1-9-29-13/h3,5,10-11,13H,1-2,4,6-9H2,(H,21,24)/b16-11-. The number of nitro benzene ring substituents is 1. The van der Waals surface area contributed by atoms with Crippen molar-refractivity contribution in [2.24, 2.45) is 0 Å². The molecule has 1 atom stereocenters. The molecule has 2 fully saturated rings. The maximum Gasteiger partial charge on any atom is 0.293 e. The van der Waals surface area contributed by atoms with E-state index in [1.807, 2.05) is 0 Å². The molecule has 11 heteroatoms. The molecule has 1 aromatic carbocycles. The zero-order valence-corrected chi connectivity index (χ0v) is 17.5. The van der Waals surface area contributed by atoms with Crippen molar-refractivity contribution in [1.82, 2.24) is 10.2 Å². The minimum Gasteiger partial charge on any atom is -0.378 e. The number of nitro groups is 1.